The summed E-state index contributed by atoms with van der Waals surface area (Å²) in [6, 6.07) is 2.48. The Morgan fingerprint density at radius 1 is 1.17 bits per heavy atom. The summed E-state index contributed by atoms with van der Waals surface area (Å²) < 4.78 is 11.9. The molecule has 1 aromatic carbocycles. The highest BCUT2D eigenvalue weighted by Crippen LogP contribution is 2.60. The summed E-state index contributed by atoms with van der Waals surface area (Å²) >= 11 is 0. The van der Waals surface area contributed by atoms with Gasteiger partial charge in [-0.1, -0.05) is 13.8 Å². The Hall–Kier alpha value is -2.91. The molecule has 1 aliphatic heterocycles. The zero-order valence-corrected chi connectivity index (χ0v) is 24.2. The van der Waals surface area contributed by atoms with Crippen LogP contribution in [0.4, 0.5) is 0 Å². The van der Waals surface area contributed by atoms with E-state index in [-0.39, 0.29) is 30.4 Å². The number of methoxy groups -OCH3 is 1. The summed E-state index contributed by atoms with van der Waals surface area (Å²) in [6.45, 7) is 4.15. The smallest absolute Gasteiger partial charge is 0.247 e. The Morgan fingerprint density at radius 3 is 2.39 bits per heavy atom. The van der Waals surface area contributed by atoms with Crippen molar-refractivity contribution >= 4 is 18.1 Å². The van der Waals surface area contributed by atoms with Gasteiger partial charge in [-0.15, -0.1) is 0 Å². The topological polar surface area (TPSA) is 125 Å². The molecule has 222 valence electrons. The van der Waals surface area contributed by atoms with E-state index in [4.69, 9.17) is 9.47 Å². The van der Waals surface area contributed by atoms with Gasteiger partial charge in [-0.25, -0.2) is 0 Å². The second kappa shape index (κ2) is 10.7. The molecule has 0 unspecified atom stereocenters. The van der Waals surface area contributed by atoms with Crippen LogP contribution in [-0.2, 0) is 9.59 Å². The minimum atomic E-state index is -1.11. The van der Waals surface area contributed by atoms with Gasteiger partial charge in [0.05, 0.1) is 25.7 Å². The van der Waals surface area contributed by atoms with Crippen molar-refractivity contribution in [2.75, 3.05) is 26.8 Å². The van der Waals surface area contributed by atoms with Gasteiger partial charge in [0.15, 0.2) is 11.5 Å². The van der Waals surface area contributed by atoms with Crippen molar-refractivity contribution in [2.24, 2.45) is 29.1 Å². The molecule has 4 saturated carbocycles. The van der Waals surface area contributed by atoms with Gasteiger partial charge in [0.1, 0.15) is 18.5 Å². The van der Waals surface area contributed by atoms with Crippen LogP contribution in [0.1, 0.15) is 74.2 Å². The number of hydrogen-bond donors (Lipinski definition) is 3. The molecule has 0 saturated heterocycles. The van der Waals surface area contributed by atoms with E-state index in [1.54, 1.807) is 18.2 Å². The molecule has 0 aromatic heterocycles. The van der Waals surface area contributed by atoms with E-state index in [9.17, 15) is 24.6 Å². The SMILES string of the molecule is COc1cc(C=O)cc2c1O[C@@H]1[C@@H](O)[C@H](N(CC34CC5CC(CC(C5)C3)C4)C(=O)C(C)C)C=C(C(=O)NCCO)[C@H]21. The lowest BCUT2D eigenvalue weighted by Gasteiger charge is -2.58. The van der Waals surface area contributed by atoms with Crippen molar-refractivity contribution < 1.29 is 34.1 Å². The van der Waals surface area contributed by atoms with Gasteiger partial charge >= 0.3 is 0 Å². The fourth-order valence-electron chi connectivity index (χ4n) is 9.07. The summed E-state index contributed by atoms with van der Waals surface area (Å²) in [6.07, 6.45) is 7.67. The standard InChI is InChI=1S/C32H42N2O7/c1-17(2)31(39)34(16-32-12-18-6-19(13-32)8-20(7-18)14-32)24-11-23(30(38)33-4-5-35)26-22-9-21(15-36)10-25(40-3)28(22)41-29(26)27(24)37/h9-11,15,17-20,24,26-27,29,35,37H,4-8,12-14,16H2,1-3H3,(H,33,38)/t18?,19?,20?,24-,26+,27+,29+,32?/m1/s1. The van der Waals surface area contributed by atoms with Crippen molar-refractivity contribution in [1.29, 1.82) is 0 Å². The molecule has 3 N–H and O–H groups in total. The molecule has 0 spiro atoms. The van der Waals surface area contributed by atoms with Crippen LogP contribution in [-0.4, -0.2) is 78.3 Å². The molecule has 4 fully saturated rings. The molecule has 9 heteroatoms. The highest BCUT2D eigenvalue weighted by atomic mass is 16.5. The Bertz CT molecular complexity index is 1220. The van der Waals surface area contributed by atoms with E-state index in [1.807, 2.05) is 18.7 Å². The predicted molar refractivity (Wildman–Crippen MR) is 151 cm³/mol. The normalized spacial score (nSPS) is 34.4. The molecule has 5 aliphatic carbocycles. The molecule has 7 rings (SSSR count). The molecule has 6 aliphatic rings. The summed E-state index contributed by atoms with van der Waals surface area (Å²) in [5.74, 6) is 1.46. The highest BCUT2D eigenvalue weighted by Gasteiger charge is 2.55. The van der Waals surface area contributed by atoms with Gasteiger partial charge in [-0.3, -0.25) is 14.4 Å². The van der Waals surface area contributed by atoms with Gasteiger partial charge in [0.2, 0.25) is 11.8 Å². The van der Waals surface area contributed by atoms with Crippen LogP contribution in [0.25, 0.3) is 0 Å². The second-order valence-electron chi connectivity index (χ2n) is 13.4. The molecule has 4 bridgehead atoms. The van der Waals surface area contributed by atoms with E-state index in [0.29, 0.717) is 58.8 Å². The quantitative estimate of drug-likeness (QED) is 0.393. The number of rotatable bonds is 9. The highest BCUT2D eigenvalue weighted by molar-refractivity contribution is 5.96. The van der Waals surface area contributed by atoms with Crippen molar-refractivity contribution in [3.63, 3.8) is 0 Å². The maximum atomic E-state index is 13.9. The molecule has 4 atom stereocenters. The van der Waals surface area contributed by atoms with E-state index in [1.165, 1.54) is 26.4 Å². The molecule has 1 aromatic rings. The summed E-state index contributed by atoms with van der Waals surface area (Å²) in [4.78, 5) is 41.0. The third-order valence-electron chi connectivity index (χ3n) is 10.2. The van der Waals surface area contributed by atoms with E-state index < -0.39 is 30.1 Å². The van der Waals surface area contributed by atoms with Crippen molar-refractivity contribution in [1.82, 2.24) is 10.2 Å². The Balaban J connectivity index is 1.41. The lowest BCUT2D eigenvalue weighted by Crippen LogP contribution is -2.60. The molecular formula is C32H42N2O7. The third kappa shape index (κ3) is 4.84. The molecule has 2 amide bonds. The first-order valence-corrected chi connectivity index (χ1v) is 15.1. The summed E-state index contributed by atoms with van der Waals surface area (Å²) in [5.41, 5.74) is 1.34. The number of carbonyl (C=O) groups excluding carboxylic acids is 3. The maximum absolute atomic E-state index is 13.9. The fraction of sp³-hybridized carbons (Fsp3) is 0.656. The minimum absolute atomic E-state index is 0.0323. The van der Waals surface area contributed by atoms with Gasteiger partial charge in [-0.05, 0) is 79.9 Å². The van der Waals surface area contributed by atoms with Gasteiger partial charge in [0, 0.05) is 35.7 Å². The van der Waals surface area contributed by atoms with E-state index in [0.717, 1.165) is 19.3 Å². The van der Waals surface area contributed by atoms with E-state index >= 15 is 0 Å². The number of aliphatic hydroxyl groups excluding tert-OH is 2. The molecular weight excluding hydrogens is 524 g/mol. The van der Waals surface area contributed by atoms with Crippen LogP contribution in [0.5, 0.6) is 11.5 Å². The second-order valence-corrected chi connectivity index (χ2v) is 13.4. The lowest BCUT2D eigenvalue weighted by atomic mass is 9.49. The molecule has 0 radical (unpaired) electrons. The van der Waals surface area contributed by atoms with E-state index in [2.05, 4.69) is 5.32 Å². The summed E-state index contributed by atoms with van der Waals surface area (Å²) in [5, 5.41) is 24.1. The first kappa shape index (κ1) is 28.2. The fourth-order valence-corrected chi connectivity index (χ4v) is 9.07. The summed E-state index contributed by atoms with van der Waals surface area (Å²) in [7, 11) is 1.48. The van der Waals surface area contributed by atoms with Crippen LogP contribution < -0.4 is 14.8 Å². The van der Waals surface area contributed by atoms with Crippen LogP contribution in [0, 0.1) is 29.1 Å². The number of carbonyl (C=O) groups is 3. The monoisotopic (exact) mass is 566 g/mol. The largest absolute Gasteiger partial charge is 0.493 e. The number of aliphatic hydroxyl groups is 2. The number of ether oxygens (including phenoxy) is 2. The number of nitrogens with one attached hydrogen (secondary N) is 1. The van der Waals surface area contributed by atoms with Crippen LogP contribution in [0.2, 0.25) is 0 Å². The molecule has 1 heterocycles. The van der Waals surface area contributed by atoms with Gasteiger partial charge < -0.3 is 29.9 Å². The molecule has 41 heavy (non-hydrogen) atoms. The first-order chi connectivity index (χ1) is 19.7. The number of fused-ring (bicyclic) bond motifs is 3. The Kier molecular flexibility index (Phi) is 7.39. The number of aldehydes is 1. The first-order valence-electron chi connectivity index (χ1n) is 15.1. The van der Waals surface area contributed by atoms with Crippen molar-refractivity contribution in [3.8, 4) is 11.5 Å². The lowest BCUT2D eigenvalue weighted by molar-refractivity contribution is -0.148. The average Bonchev–Trinajstić information content (AvgIpc) is 3.33. The van der Waals surface area contributed by atoms with Gasteiger partial charge in [0.25, 0.3) is 0 Å². The van der Waals surface area contributed by atoms with Crippen LogP contribution in [0.3, 0.4) is 0 Å². The minimum Gasteiger partial charge on any atom is -0.493 e. The van der Waals surface area contributed by atoms with Crippen LogP contribution >= 0.6 is 0 Å². The Labute approximate surface area is 241 Å². The zero-order valence-electron chi connectivity index (χ0n) is 24.2. The number of benzene rings is 1. The number of nitrogens with zero attached hydrogens (tertiary/aromatic N) is 1. The molecule has 9 nitrogen and oxygen atoms in total. The number of hydrogen-bond acceptors (Lipinski definition) is 7. The third-order valence-corrected chi connectivity index (χ3v) is 10.2. The predicted octanol–water partition coefficient (Wildman–Crippen LogP) is 2.83. The number of amides is 2. The van der Waals surface area contributed by atoms with Crippen molar-refractivity contribution in [3.05, 3.63) is 34.9 Å². The maximum Gasteiger partial charge on any atom is 0.247 e. The zero-order chi connectivity index (χ0) is 29.1. The van der Waals surface area contributed by atoms with Gasteiger partial charge in [-0.2, -0.15) is 0 Å². The van der Waals surface area contributed by atoms with Crippen molar-refractivity contribution in [2.45, 2.75) is 76.5 Å². The van der Waals surface area contributed by atoms with Crippen LogP contribution in [0.15, 0.2) is 23.8 Å². The average molecular weight is 567 g/mol. The Morgan fingerprint density at radius 2 is 1.83 bits per heavy atom.